The zero-order valence-electron chi connectivity index (χ0n) is 9.32. The van der Waals surface area contributed by atoms with Crippen LogP contribution in [0.1, 0.15) is 23.0 Å². The lowest BCUT2D eigenvalue weighted by molar-refractivity contribution is 0.184. The maximum absolute atomic E-state index is 10.3. The van der Waals surface area contributed by atoms with Gasteiger partial charge in [0, 0.05) is 17.0 Å². The summed E-state index contributed by atoms with van der Waals surface area (Å²) in [6, 6.07) is 6.77. The van der Waals surface area contributed by atoms with Crippen LogP contribution >= 0.6 is 23.2 Å². The minimum absolute atomic E-state index is 0.239. The number of aliphatic hydroxyl groups is 1. The van der Waals surface area contributed by atoms with E-state index in [2.05, 4.69) is 0 Å². The summed E-state index contributed by atoms with van der Waals surface area (Å²) in [5.41, 5.74) is 1.62. The van der Waals surface area contributed by atoms with Crippen LogP contribution in [0, 0.1) is 0 Å². The molecule has 1 aliphatic rings. The van der Waals surface area contributed by atoms with E-state index in [0.29, 0.717) is 28.7 Å². The van der Waals surface area contributed by atoms with Gasteiger partial charge in [-0.25, -0.2) is 0 Å². The predicted octanol–water partition coefficient (Wildman–Crippen LogP) is 3.60. The molecular formula is C13H10Cl2O3. The van der Waals surface area contributed by atoms with E-state index >= 15 is 0 Å². The molecular weight excluding hydrogens is 275 g/mol. The summed E-state index contributed by atoms with van der Waals surface area (Å²) in [6.07, 6.45) is -0.128. The van der Waals surface area contributed by atoms with Crippen LogP contribution in [0.3, 0.4) is 0 Å². The third-order valence-electron chi connectivity index (χ3n) is 2.94. The molecule has 18 heavy (non-hydrogen) atoms. The van der Waals surface area contributed by atoms with E-state index in [1.165, 1.54) is 0 Å². The molecule has 5 heteroatoms. The first kappa shape index (κ1) is 11.9. The Morgan fingerprint density at radius 2 is 2.06 bits per heavy atom. The third kappa shape index (κ3) is 1.99. The molecule has 0 saturated carbocycles. The van der Waals surface area contributed by atoms with Gasteiger partial charge in [-0.2, -0.15) is 0 Å². The fourth-order valence-electron chi connectivity index (χ4n) is 2.13. The monoisotopic (exact) mass is 284 g/mol. The van der Waals surface area contributed by atoms with Crippen molar-refractivity contribution < 1.29 is 14.3 Å². The van der Waals surface area contributed by atoms with E-state index in [0.717, 1.165) is 12.0 Å². The highest BCUT2D eigenvalue weighted by atomic mass is 35.5. The Hall–Kier alpha value is -1.16. The second-order valence-corrected chi connectivity index (χ2v) is 4.94. The second-order valence-electron chi connectivity index (χ2n) is 4.13. The van der Waals surface area contributed by atoms with E-state index in [9.17, 15) is 5.11 Å². The Morgan fingerprint density at radius 3 is 2.78 bits per heavy atom. The lowest BCUT2D eigenvalue weighted by Crippen LogP contribution is -2.01. The Balaban J connectivity index is 2.06. The number of benzene rings is 1. The number of fused-ring (bicyclic) bond motifs is 1. The van der Waals surface area contributed by atoms with Gasteiger partial charge in [-0.3, -0.25) is 0 Å². The molecule has 94 valence electrons. The van der Waals surface area contributed by atoms with Crippen LogP contribution in [-0.4, -0.2) is 11.7 Å². The summed E-state index contributed by atoms with van der Waals surface area (Å²) >= 11 is 11.7. The van der Waals surface area contributed by atoms with Crippen LogP contribution < -0.4 is 4.74 Å². The number of ether oxygens (including phenoxy) is 1. The zero-order chi connectivity index (χ0) is 12.7. The Kier molecular flexibility index (Phi) is 2.98. The van der Waals surface area contributed by atoms with Gasteiger partial charge in [-0.05, 0) is 41.4 Å². The van der Waals surface area contributed by atoms with E-state index in [4.69, 9.17) is 32.4 Å². The summed E-state index contributed by atoms with van der Waals surface area (Å²) in [7, 11) is 0. The van der Waals surface area contributed by atoms with Crippen molar-refractivity contribution in [2.24, 2.45) is 0 Å². The average Bonchev–Trinajstić information content (AvgIpc) is 2.95. The van der Waals surface area contributed by atoms with E-state index < -0.39 is 6.10 Å². The third-order valence-corrected chi connectivity index (χ3v) is 3.36. The molecule has 0 saturated heterocycles. The SMILES string of the molecule is OC(c1ccc(Cl)o1)c1cc(Cl)cc2c1OCC2. The Labute approximate surface area is 114 Å². The second kappa shape index (κ2) is 4.50. The van der Waals surface area contributed by atoms with Gasteiger partial charge in [0.1, 0.15) is 17.6 Å². The number of aliphatic hydroxyl groups excluding tert-OH is 1. The van der Waals surface area contributed by atoms with Crippen LogP contribution in [0.2, 0.25) is 10.2 Å². The van der Waals surface area contributed by atoms with Crippen LogP contribution in [0.25, 0.3) is 0 Å². The van der Waals surface area contributed by atoms with E-state index in [1.54, 1.807) is 18.2 Å². The van der Waals surface area contributed by atoms with Crippen LogP contribution in [-0.2, 0) is 6.42 Å². The first-order chi connectivity index (χ1) is 8.65. The van der Waals surface area contributed by atoms with Gasteiger partial charge in [0.25, 0.3) is 0 Å². The molecule has 1 aromatic heterocycles. The molecule has 0 spiro atoms. The minimum atomic E-state index is -0.928. The Morgan fingerprint density at radius 1 is 1.22 bits per heavy atom. The van der Waals surface area contributed by atoms with Crippen molar-refractivity contribution in [3.05, 3.63) is 51.4 Å². The van der Waals surface area contributed by atoms with Crippen molar-refractivity contribution in [1.82, 2.24) is 0 Å². The fraction of sp³-hybridized carbons (Fsp3) is 0.231. The number of halogens is 2. The predicted molar refractivity (Wildman–Crippen MR) is 68.4 cm³/mol. The van der Waals surface area contributed by atoms with Gasteiger partial charge in [-0.1, -0.05) is 11.6 Å². The molecule has 0 amide bonds. The molecule has 2 heterocycles. The van der Waals surface area contributed by atoms with Crippen LogP contribution in [0.15, 0.2) is 28.7 Å². The quantitative estimate of drug-likeness (QED) is 0.916. The minimum Gasteiger partial charge on any atom is -0.493 e. The van der Waals surface area contributed by atoms with Crippen molar-refractivity contribution >= 4 is 23.2 Å². The molecule has 0 radical (unpaired) electrons. The van der Waals surface area contributed by atoms with Crippen molar-refractivity contribution in [1.29, 1.82) is 0 Å². The molecule has 2 aromatic rings. The summed E-state index contributed by atoms with van der Waals surface area (Å²) in [5, 5.41) is 11.1. The zero-order valence-corrected chi connectivity index (χ0v) is 10.8. The Bertz CT molecular complexity index is 592. The molecule has 3 rings (SSSR count). The molecule has 0 aliphatic carbocycles. The van der Waals surface area contributed by atoms with Gasteiger partial charge in [0.15, 0.2) is 5.22 Å². The summed E-state index contributed by atoms with van der Waals surface area (Å²) in [5.74, 6) is 1.07. The summed E-state index contributed by atoms with van der Waals surface area (Å²) in [4.78, 5) is 0. The molecule has 1 N–H and O–H groups in total. The molecule has 3 nitrogen and oxygen atoms in total. The van der Waals surface area contributed by atoms with E-state index in [1.807, 2.05) is 6.07 Å². The maximum Gasteiger partial charge on any atom is 0.193 e. The molecule has 0 bridgehead atoms. The molecule has 0 fully saturated rings. The van der Waals surface area contributed by atoms with Crippen molar-refractivity contribution in [2.75, 3.05) is 6.61 Å². The average molecular weight is 285 g/mol. The first-order valence-corrected chi connectivity index (χ1v) is 6.29. The number of rotatable bonds is 2. The van der Waals surface area contributed by atoms with Crippen LogP contribution in [0.4, 0.5) is 0 Å². The number of furan rings is 1. The van der Waals surface area contributed by atoms with Gasteiger partial charge in [0.2, 0.25) is 0 Å². The van der Waals surface area contributed by atoms with Gasteiger partial charge in [-0.15, -0.1) is 0 Å². The van der Waals surface area contributed by atoms with Gasteiger partial charge >= 0.3 is 0 Å². The first-order valence-electron chi connectivity index (χ1n) is 5.53. The highest BCUT2D eigenvalue weighted by molar-refractivity contribution is 6.30. The molecule has 1 aliphatic heterocycles. The van der Waals surface area contributed by atoms with E-state index in [-0.39, 0.29) is 5.22 Å². The smallest absolute Gasteiger partial charge is 0.193 e. The summed E-state index contributed by atoms with van der Waals surface area (Å²) in [6.45, 7) is 0.605. The number of hydrogen-bond donors (Lipinski definition) is 1. The maximum atomic E-state index is 10.3. The highest BCUT2D eigenvalue weighted by Gasteiger charge is 2.24. The van der Waals surface area contributed by atoms with Crippen molar-refractivity contribution in [2.45, 2.75) is 12.5 Å². The fourth-order valence-corrected chi connectivity index (χ4v) is 2.53. The highest BCUT2D eigenvalue weighted by Crippen LogP contribution is 2.39. The standard InChI is InChI=1S/C13H10Cl2O3/c14-8-5-7-3-4-17-13(7)9(6-8)12(16)10-1-2-11(15)18-10/h1-2,5-6,12,16H,3-4H2. The lowest BCUT2D eigenvalue weighted by Gasteiger charge is -2.13. The van der Waals surface area contributed by atoms with Gasteiger partial charge in [0.05, 0.1) is 6.61 Å². The molecule has 1 atom stereocenters. The topological polar surface area (TPSA) is 42.6 Å². The normalized spacial score (nSPS) is 15.3. The molecule has 1 unspecified atom stereocenters. The largest absolute Gasteiger partial charge is 0.493 e. The lowest BCUT2D eigenvalue weighted by atomic mass is 10.0. The summed E-state index contributed by atoms with van der Waals surface area (Å²) < 4.78 is 10.8. The van der Waals surface area contributed by atoms with Crippen LogP contribution in [0.5, 0.6) is 5.75 Å². The van der Waals surface area contributed by atoms with Gasteiger partial charge < -0.3 is 14.3 Å². The number of hydrogen-bond acceptors (Lipinski definition) is 3. The molecule has 1 aromatic carbocycles. The van der Waals surface area contributed by atoms with Crippen molar-refractivity contribution in [3.8, 4) is 5.75 Å². The van der Waals surface area contributed by atoms with Crippen molar-refractivity contribution in [3.63, 3.8) is 0 Å².